The third-order valence-corrected chi connectivity index (χ3v) is 16.8. The number of aryl methyl sites for hydroxylation is 18. The van der Waals surface area contributed by atoms with Crippen LogP contribution >= 0.6 is 0 Å². The fourth-order valence-corrected chi connectivity index (χ4v) is 11.5. The van der Waals surface area contributed by atoms with Gasteiger partial charge in [-0.3, -0.25) is 0 Å². The predicted octanol–water partition coefficient (Wildman–Crippen LogP) is 17.9. The molecule has 5 aromatic heterocycles. The lowest BCUT2D eigenvalue weighted by Gasteiger charge is -2.11. The van der Waals surface area contributed by atoms with Crippen LogP contribution in [0.5, 0.6) is 0 Å². The SMILES string of the molecule is CCc1c[n+](C)c(-c2ccccc2C)cc1C.CCc1c[n+](C)c(-c2ccccc2C)cc1C.CCc1cc(-c2ccccc2C)[n+](C)cc1C.[2H]C(C)(C)c1c[n+](C)c(-c2ccccc2C)cc1C.[2H]C([2H])([2H])c1c[n+](C)c(-c2ccccc2C)cc1C([2H])(C)C. The van der Waals surface area contributed by atoms with Gasteiger partial charge in [-0.2, -0.15) is 0 Å². The van der Waals surface area contributed by atoms with Crippen LogP contribution in [-0.4, -0.2) is 0 Å². The summed E-state index contributed by atoms with van der Waals surface area (Å²) in [7, 11) is 10.3. The molecule has 0 radical (unpaired) electrons. The summed E-state index contributed by atoms with van der Waals surface area (Å²) in [5.41, 5.74) is 30.1. The molecule has 452 valence electrons. The van der Waals surface area contributed by atoms with Crippen molar-refractivity contribution in [1.82, 2.24) is 0 Å². The molecule has 0 unspecified atom stereocenters. The summed E-state index contributed by atoms with van der Waals surface area (Å²) in [6, 6.07) is 53.0. The highest BCUT2D eigenvalue weighted by molar-refractivity contribution is 5.65. The lowest BCUT2D eigenvalue weighted by molar-refractivity contribution is -0.661. The van der Waals surface area contributed by atoms with Crippen molar-refractivity contribution >= 4 is 0 Å². The van der Waals surface area contributed by atoms with Crippen molar-refractivity contribution in [2.45, 2.75) is 149 Å². The molecule has 0 fully saturated rings. The van der Waals surface area contributed by atoms with Crippen LogP contribution in [0.15, 0.2) is 183 Å². The minimum Gasteiger partial charge on any atom is -0.201 e. The van der Waals surface area contributed by atoms with Crippen molar-refractivity contribution in [2.24, 2.45) is 35.2 Å². The summed E-state index contributed by atoms with van der Waals surface area (Å²) >= 11 is 0. The van der Waals surface area contributed by atoms with E-state index in [1.54, 1.807) is 20.0 Å². The smallest absolute Gasteiger partial charge is 0.201 e. The molecule has 0 atom stereocenters. The molecule has 0 aliphatic heterocycles. The molecule has 0 amide bonds. The normalized spacial score (nSPS) is 12.0. The van der Waals surface area contributed by atoms with Crippen molar-refractivity contribution in [3.63, 3.8) is 0 Å². The first-order chi connectivity index (χ1) is 43.2. The largest absolute Gasteiger partial charge is 0.212 e. The van der Waals surface area contributed by atoms with Crippen molar-refractivity contribution in [2.75, 3.05) is 0 Å². The number of benzene rings is 5. The molecule has 0 bridgehead atoms. The highest BCUT2D eigenvalue weighted by Crippen LogP contribution is 2.29. The van der Waals surface area contributed by atoms with E-state index in [9.17, 15) is 0 Å². The van der Waals surface area contributed by atoms with Crippen molar-refractivity contribution in [1.29, 1.82) is 0 Å². The van der Waals surface area contributed by atoms with Gasteiger partial charge in [-0.15, -0.1) is 0 Å². The molecular weight excluding hydrogens is 1050 g/mol. The van der Waals surface area contributed by atoms with E-state index in [2.05, 4.69) is 269 Å². The minimum absolute atomic E-state index is 0.243. The Labute approximate surface area is 533 Å². The van der Waals surface area contributed by atoms with Crippen LogP contribution in [0, 0.1) is 69.2 Å². The second-order valence-electron chi connectivity index (χ2n) is 24.0. The van der Waals surface area contributed by atoms with E-state index in [-0.39, 0.29) is 5.56 Å². The van der Waals surface area contributed by atoms with Crippen LogP contribution in [0.3, 0.4) is 0 Å². The molecule has 0 spiro atoms. The summed E-state index contributed by atoms with van der Waals surface area (Å²) in [5.74, 6) is -1.54. The second-order valence-corrected chi connectivity index (χ2v) is 24.0. The minimum atomic E-state index is -2.23. The summed E-state index contributed by atoms with van der Waals surface area (Å²) < 4.78 is 50.4. The van der Waals surface area contributed by atoms with E-state index in [1.165, 1.54) is 106 Å². The quantitative estimate of drug-likeness (QED) is 0.122. The van der Waals surface area contributed by atoms with Gasteiger partial charge in [-0.25, -0.2) is 22.8 Å². The first kappa shape index (κ1) is 60.5. The van der Waals surface area contributed by atoms with Crippen LogP contribution in [0.2, 0.25) is 0 Å². The Kier molecular flexibility index (Phi) is 21.9. The van der Waals surface area contributed by atoms with Crippen molar-refractivity contribution in [3.05, 3.63) is 266 Å². The fourth-order valence-electron chi connectivity index (χ4n) is 11.5. The first-order valence-electron chi connectivity index (χ1n) is 33.5. The Morgan fingerprint density at radius 1 is 0.299 bits per heavy atom. The van der Waals surface area contributed by atoms with Gasteiger partial charge in [0.1, 0.15) is 35.2 Å². The van der Waals surface area contributed by atoms with Gasteiger partial charge in [0.15, 0.2) is 31.0 Å². The van der Waals surface area contributed by atoms with Gasteiger partial charge in [0.25, 0.3) is 0 Å². The summed E-state index contributed by atoms with van der Waals surface area (Å²) in [5, 5.41) is 0. The summed E-state index contributed by atoms with van der Waals surface area (Å²) in [4.78, 5) is 0. The number of hydrogen-bond donors (Lipinski definition) is 0. The zero-order valence-corrected chi connectivity index (χ0v) is 56.7. The van der Waals surface area contributed by atoms with Gasteiger partial charge in [0, 0.05) is 92.8 Å². The molecule has 0 saturated carbocycles. The van der Waals surface area contributed by atoms with Crippen LogP contribution in [-0.2, 0) is 54.5 Å². The zero-order valence-electron chi connectivity index (χ0n) is 61.7. The van der Waals surface area contributed by atoms with Gasteiger partial charge in [-0.1, -0.05) is 139 Å². The van der Waals surface area contributed by atoms with E-state index in [0.717, 1.165) is 41.6 Å². The summed E-state index contributed by atoms with van der Waals surface area (Å²) in [6.07, 6.45) is 13.7. The van der Waals surface area contributed by atoms with E-state index in [1.807, 2.05) is 62.7 Å². The Morgan fingerprint density at radius 3 is 0.885 bits per heavy atom. The Morgan fingerprint density at radius 2 is 0.575 bits per heavy atom. The molecule has 87 heavy (non-hydrogen) atoms. The molecule has 0 aliphatic rings. The van der Waals surface area contributed by atoms with E-state index >= 15 is 0 Å². The van der Waals surface area contributed by atoms with Crippen LogP contribution in [0.4, 0.5) is 0 Å². The number of nitrogens with zero attached hydrogens (tertiary/aromatic N) is 5. The van der Waals surface area contributed by atoms with Crippen molar-refractivity contribution < 1.29 is 29.7 Å². The van der Waals surface area contributed by atoms with Gasteiger partial charge >= 0.3 is 0 Å². The predicted molar refractivity (Wildman–Crippen MR) is 369 cm³/mol. The zero-order chi connectivity index (χ0) is 68.2. The van der Waals surface area contributed by atoms with E-state index in [0.29, 0.717) is 5.56 Å². The maximum atomic E-state index is 8.32. The number of hydrogen-bond acceptors (Lipinski definition) is 0. The highest BCUT2D eigenvalue weighted by atomic mass is 14.9. The Balaban J connectivity index is 0.000000183. The number of rotatable bonds is 10. The standard InChI is InChI=1S/2C17H22N.3C16H20N/c1-12(2)16-10-17(18(5)11-14(16)4)15-9-7-6-8-13(15)3;1-12(2)16-11-18(5)17(10-14(16)4)15-9-7-6-8-13(15)3;1-5-14-10-16(17(4)11-13(14)3)15-9-7-6-8-12(15)2;2*1-5-14-11-17(4)16(10-13(14)3)15-9-7-6-8-12(15)2/h2*6-12H,1-5H3;3*6-11H,5H2,1-4H3/q5*+1/i4D3,12D;12D;;;. The molecule has 0 aliphatic carbocycles. The molecule has 5 heteroatoms. The van der Waals surface area contributed by atoms with Gasteiger partial charge < -0.3 is 0 Å². The maximum Gasteiger partial charge on any atom is 0.212 e. The molecule has 10 aromatic rings. The average Bonchev–Trinajstić information content (AvgIpc) is 0.789. The lowest BCUT2D eigenvalue weighted by Crippen LogP contribution is -2.32. The van der Waals surface area contributed by atoms with Crippen LogP contribution < -0.4 is 22.8 Å². The van der Waals surface area contributed by atoms with Gasteiger partial charge in [0.2, 0.25) is 28.5 Å². The van der Waals surface area contributed by atoms with Crippen LogP contribution in [0.25, 0.3) is 56.3 Å². The molecule has 5 aromatic carbocycles. The first-order valence-corrected chi connectivity index (χ1v) is 31.0. The van der Waals surface area contributed by atoms with Crippen LogP contribution in [0.1, 0.15) is 151 Å². The van der Waals surface area contributed by atoms with Crippen molar-refractivity contribution in [3.8, 4) is 56.3 Å². The highest BCUT2D eigenvalue weighted by Gasteiger charge is 2.20. The topological polar surface area (TPSA) is 19.4 Å². The maximum absolute atomic E-state index is 8.32. The van der Waals surface area contributed by atoms with Gasteiger partial charge in [0.05, 0.1) is 0 Å². The fraction of sp³-hybridized carbons (Fsp3) is 0.329. The Bertz CT molecular complexity index is 4080. The third kappa shape index (κ3) is 17.3. The second kappa shape index (κ2) is 31.5. The monoisotopic (exact) mass is 1160 g/mol. The van der Waals surface area contributed by atoms with Gasteiger partial charge in [-0.05, 0) is 186 Å². The lowest BCUT2D eigenvalue weighted by atomic mass is 9.96. The molecular formula is C82H104N5+5. The Hall–Kier alpha value is -8.15. The van der Waals surface area contributed by atoms with E-state index < -0.39 is 18.6 Å². The molecule has 0 saturated heterocycles. The average molecular weight is 1160 g/mol. The third-order valence-electron chi connectivity index (χ3n) is 16.8. The molecule has 5 heterocycles. The summed E-state index contributed by atoms with van der Waals surface area (Å²) in [6.45, 7) is 31.0. The molecule has 10 rings (SSSR count). The number of aromatic nitrogens is 5. The molecule has 5 nitrogen and oxygen atoms in total. The molecule has 0 N–H and O–H groups in total. The van der Waals surface area contributed by atoms with E-state index in [4.69, 9.17) is 6.85 Å². The number of pyridine rings is 5.